The summed E-state index contributed by atoms with van der Waals surface area (Å²) in [6.45, 7) is 3.36. The first-order chi connectivity index (χ1) is 20.2. The highest BCUT2D eigenvalue weighted by Crippen LogP contribution is 2.37. The molecule has 16 heteroatoms. The zero-order chi connectivity index (χ0) is 32.2. The fourth-order valence-electron chi connectivity index (χ4n) is 3.82. The van der Waals surface area contributed by atoms with Crippen molar-refractivity contribution in [3.05, 3.63) is 65.7 Å². The molecule has 0 radical (unpaired) electrons. The van der Waals surface area contributed by atoms with Gasteiger partial charge in [-0.05, 0) is 29.2 Å². The van der Waals surface area contributed by atoms with Gasteiger partial charge in [0.05, 0.1) is 6.42 Å². The van der Waals surface area contributed by atoms with E-state index >= 15 is 0 Å². The molecule has 0 heterocycles. The second-order valence-corrected chi connectivity index (χ2v) is 10.9. The van der Waals surface area contributed by atoms with Crippen molar-refractivity contribution in [2.24, 2.45) is 17.4 Å². The molecule has 2 aromatic carbocycles. The number of phosphoric acid groups is 1. The van der Waals surface area contributed by atoms with Gasteiger partial charge < -0.3 is 36.7 Å². The standard InChI is InChI=1S/C27H36N5O10P/c1-3-16(2)23(26(36)30-20(24(29)34)14-22(28)33)32-25(35)21(31-27(37)41-15-18-7-5-4-6-8-18)13-17-9-11-19(12-10-17)42-43(38,39)40/h4-12,16,20-21,23H,3,13-15H2,1-2H3,(H2,28,33)(H2,29,34)(H,30,36)(H,31,37)(H,32,35)(H2,38,39,40)/t16-,20-,21-,23-/m0/s1. The summed E-state index contributed by atoms with van der Waals surface area (Å²) >= 11 is 0. The molecule has 234 valence electrons. The largest absolute Gasteiger partial charge is 0.524 e. The van der Waals surface area contributed by atoms with Crippen LogP contribution in [0.3, 0.4) is 0 Å². The van der Waals surface area contributed by atoms with Gasteiger partial charge in [-0.1, -0.05) is 62.7 Å². The topological polar surface area (TPSA) is 249 Å². The fraction of sp³-hybridized carbons (Fsp3) is 0.370. The lowest BCUT2D eigenvalue weighted by molar-refractivity contribution is -0.134. The summed E-state index contributed by atoms with van der Waals surface area (Å²) < 4.78 is 20.9. The minimum Gasteiger partial charge on any atom is -0.445 e. The van der Waals surface area contributed by atoms with Gasteiger partial charge in [-0.25, -0.2) is 9.36 Å². The molecule has 0 spiro atoms. The molecule has 0 aliphatic rings. The Morgan fingerprint density at radius 2 is 1.49 bits per heavy atom. The van der Waals surface area contributed by atoms with E-state index in [9.17, 15) is 28.5 Å². The Kier molecular flexibility index (Phi) is 13.1. The summed E-state index contributed by atoms with van der Waals surface area (Å²) in [7, 11) is -4.79. The Labute approximate surface area is 247 Å². The van der Waals surface area contributed by atoms with E-state index in [0.717, 1.165) is 0 Å². The molecule has 5 amide bonds. The van der Waals surface area contributed by atoms with Crippen LogP contribution in [0.1, 0.15) is 37.8 Å². The molecule has 0 aromatic heterocycles. The number of amides is 5. The number of rotatable bonds is 16. The maximum atomic E-state index is 13.5. The van der Waals surface area contributed by atoms with E-state index in [1.54, 1.807) is 44.2 Å². The number of primary amides is 2. The number of nitrogens with two attached hydrogens (primary N) is 2. The van der Waals surface area contributed by atoms with Gasteiger partial charge in [-0.15, -0.1) is 0 Å². The SMILES string of the molecule is CC[C@H](C)[C@H](NC(=O)[C@H](Cc1ccc(OP(=O)(O)O)cc1)NC(=O)OCc1ccccc1)C(=O)N[C@@H](CC(N)=O)C(N)=O. The number of carbonyl (C=O) groups is 5. The number of benzene rings is 2. The Hall–Kier alpha value is -4.46. The van der Waals surface area contributed by atoms with Crippen LogP contribution in [0.4, 0.5) is 4.79 Å². The van der Waals surface area contributed by atoms with Gasteiger partial charge in [0.2, 0.25) is 23.6 Å². The van der Waals surface area contributed by atoms with E-state index in [4.69, 9.17) is 26.0 Å². The van der Waals surface area contributed by atoms with E-state index in [1.807, 2.05) is 0 Å². The van der Waals surface area contributed by atoms with Crippen molar-refractivity contribution in [2.75, 3.05) is 0 Å². The molecule has 0 aliphatic carbocycles. The summed E-state index contributed by atoms with van der Waals surface area (Å²) in [6.07, 6.45) is -1.16. The molecule has 15 nitrogen and oxygen atoms in total. The average molecular weight is 622 g/mol. The monoisotopic (exact) mass is 621 g/mol. The van der Waals surface area contributed by atoms with Crippen LogP contribution >= 0.6 is 7.82 Å². The quantitative estimate of drug-likeness (QED) is 0.127. The lowest BCUT2D eigenvalue weighted by atomic mass is 9.96. The smallest absolute Gasteiger partial charge is 0.445 e. The Morgan fingerprint density at radius 3 is 2.02 bits per heavy atom. The van der Waals surface area contributed by atoms with Gasteiger partial charge in [-0.2, -0.15) is 0 Å². The first-order valence-corrected chi connectivity index (χ1v) is 14.7. The summed E-state index contributed by atoms with van der Waals surface area (Å²) in [4.78, 5) is 80.4. The van der Waals surface area contributed by atoms with Gasteiger partial charge in [0, 0.05) is 6.42 Å². The highest BCUT2D eigenvalue weighted by Gasteiger charge is 2.32. The number of ether oxygens (including phenoxy) is 1. The normalized spacial score (nSPS) is 13.9. The number of hydrogen-bond acceptors (Lipinski definition) is 8. The first kappa shape index (κ1) is 34.7. The van der Waals surface area contributed by atoms with Crippen LogP contribution in [-0.4, -0.2) is 57.6 Å². The van der Waals surface area contributed by atoms with Gasteiger partial charge >= 0.3 is 13.9 Å². The van der Waals surface area contributed by atoms with Crippen LogP contribution in [0.2, 0.25) is 0 Å². The van der Waals surface area contributed by atoms with Gasteiger partial charge in [-0.3, -0.25) is 29.0 Å². The summed E-state index contributed by atoms with van der Waals surface area (Å²) in [5.41, 5.74) is 11.6. The van der Waals surface area contributed by atoms with Crippen molar-refractivity contribution < 1.29 is 47.6 Å². The number of nitrogens with one attached hydrogen (secondary N) is 3. The second kappa shape index (κ2) is 16.2. The number of alkyl carbamates (subject to hydrolysis) is 1. The van der Waals surface area contributed by atoms with E-state index in [2.05, 4.69) is 20.5 Å². The maximum absolute atomic E-state index is 13.5. The van der Waals surface area contributed by atoms with Crippen LogP contribution in [0.5, 0.6) is 5.75 Å². The predicted octanol–water partition coefficient (Wildman–Crippen LogP) is 0.372. The lowest BCUT2D eigenvalue weighted by Crippen LogP contribution is -2.59. The van der Waals surface area contributed by atoms with Crippen LogP contribution in [0, 0.1) is 5.92 Å². The third-order valence-electron chi connectivity index (χ3n) is 6.27. The fourth-order valence-corrected chi connectivity index (χ4v) is 4.21. The maximum Gasteiger partial charge on any atom is 0.524 e. The summed E-state index contributed by atoms with van der Waals surface area (Å²) in [5, 5.41) is 7.41. The van der Waals surface area contributed by atoms with Crippen LogP contribution in [0.15, 0.2) is 54.6 Å². The molecule has 4 atom stereocenters. The molecule has 0 unspecified atom stereocenters. The highest BCUT2D eigenvalue weighted by atomic mass is 31.2. The van der Waals surface area contributed by atoms with E-state index < -0.39 is 68.0 Å². The zero-order valence-electron chi connectivity index (χ0n) is 23.6. The summed E-state index contributed by atoms with van der Waals surface area (Å²) in [5.74, 6) is -4.02. The van der Waals surface area contributed by atoms with E-state index in [0.29, 0.717) is 17.5 Å². The molecule has 0 saturated heterocycles. The molecule has 0 saturated carbocycles. The van der Waals surface area contributed by atoms with Crippen LogP contribution < -0.4 is 31.9 Å². The van der Waals surface area contributed by atoms with Gasteiger partial charge in [0.15, 0.2) is 0 Å². The van der Waals surface area contributed by atoms with Crippen molar-refractivity contribution in [2.45, 2.75) is 57.8 Å². The number of carbonyl (C=O) groups excluding carboxylic acids is 5. The van der Waals surface area contributed by atoms with Gasteiger partial charge in [0.25, 0.3) is 0 Å². The van der Waals surface area contributed by atoms with E-state index in [1.165, 1.54) is 24.3 Å². The van der Waals surface area contributed by atoms with Gasteiger partial charge in [0.1, 0.15) is 30.5 Å². The molecule has 2 rings (SSSR count). The van der Waals surface area contributed by atoms with Crippen LogP contribution in [-0.2, 0) is 41.5 Å². The molecule has 0 aliphatic heterocycles. The molecule has 0 fully saturated rings. The lowest BCUT2D eigenvalue weighted by Gasteiger charge is -2.27. The second-order valence-electron chi connectivity index (χ2n) is 9.69. The van der Waals surface area contributed by atoms with Crippen molar-refractivity contribution in [3.63, 3.8) is 0 Å². The third-order valence-corrected chi connectivity index (χ3v) is 6.72. The summed E-state index contributed by atoms with van der Waals surface area (Å²) in [6, 6.07) is 10.3. The molecular weight excluding hydrogens is 585 g/mol. The average Bonchev–Trinajstić information content (AvgIpc) is 2.94. The van der Waals surface area contributed by atoms with Crippen molar-refractivity contribution in [3.8, 4) is 5.75 Å². The zero-order valence-corrected chi connectivity index (χ0v) is 24.5. The minimum atomic E-state index is -4.79. The molecule has 9 N–H and O–H groups in total. The van der Waals surface area contributed by atoms with E-state index in [-0.39, 0.29) is 18.8 Å². The Balaban J connectivity index is 2.26. The van der Waals surface area contributed by atoms with Crippen molar-refractivity contribution >= 4 is 37.5 Å². The minimum absolute atomic E-state index is 0.0817. The highest BCUT2D eigenvalue weighted by molar-refractivity contribution is 7.46. The van der Waals surface area contributed by atoms with Crippen molar-refractivity contribution in [1.29, 1.82) is 0 Å². The van der Waals surface area contributed by atoms with Crippen molar-refractivity contribution in [1.82, 2.24) is 16.0 Å². The first-order valence-electron chi connectivity index (χ1n) is 13.2. The molecule has 2 aromatic rings. The Morgan fingerprint density at radius 1 is 0.860 bits per heavy atom. The predicted molar refractivity (Wildman–Crippen MR) is 153 cm³/mol. The Bertz CT molecular complexity index is 1320. The van der Waals surface area contributed by atoms with Crippen LogP contribution in [0.25, 0.3) is 0 Å². The molecule has 0 bridgehead atoms. The number of hydrogen-bond donors (Lipinski definition) is 7. The number of phosphoric ester groups is 1. The third kappa shape index (κ3) is 12.5. The molecular formula is C27H36N5O10P. The molecule has 43 heavy (non-hydrogen) atoms.